The van der Waals surface area contributed by atoms with Crippen molar-refractivity contribution in [1.29, 1.82) is 0 Å². The van der Waals surface area contributed by atoms with Crippen LogP contribution in [0.3, 0.4) is 0 Å². The molecule has 1 heterocycles. The smallest absolute Gasteiger partial charge is 0.253 e. The number of carbonyl (C=O) groups excluding carboxylic acids is 1. The Morgan fingerprint density at radius 2 is 2.15 bits per heavy atom. The Kier molecular flexibility index (Phi) is 5.18. The maximum Gasteiger partial charge on any atom is 0.253 e. The van der Waals surface area contributed by atoms with Gasteiger partial charge in [-0.15, -0.1) is 0 Å². The fourth-order valence-corrected chi connectivity index (χ4v) is 2.88. The molecule has 1 unspecified atom stereocenters. The summed E-state index contributed by atoms with van der Waals surface area (Å²) in [6.07, 6.45) is 4.89. The van der Waals surface area contributed by atoms with Crippen LogP contribution >= 0.6 is 0 Å². The predicted octanol–water partition coefficient (Wildman–Crippen LogP) is 2.91. The molecule has 0 aromatic heterocycles. The van der Waals surface area contributed by atoms with Crippen molar-refractivity contribution < 1.29 is 4.79 Å². The van der Waals surface area contributed by atoms with Crippen molar-refractivity contribution in [2.45, 2.75) is 45.6 Å². The number of benzene rings is 1. The van der Waals surface area contributed by atoms with Gasteiger partial charge in [0.2, 0.25) is 0 Å². The van der Waals surface area contributed by atoms with Crippen molar-refractivity contribution in [3.8, 4) is 0 Å². The Labute approximate surface area is 122 Å². The Hall–Kier alpha value is -1.35. The average molecular weight is 274 g/mol. The topological polar surface area (TPSA) is 32.3 Å². The number of rotatable bonds is 4. The summed E-state index contributed by atoms with van der Waals surface area (Å²) in [7, 11) is 1.91. The second kappa shape index (κ2) is 6.89. The van der Waals surface area contributed by atoms with Crippen molar-refractivity contribution in [1.82, 2.24) is 10.2 Å². The van der Waals surface area contributed by atoms with Gasteiger partial charge in [0.1, 0.15) is 0 Å². The molecular weight excluding hydrogens is 248 g/mol. The number of aryl methyl sites for hydroxylation is 2. The lowest BCUT2D eigenvalue weighted by Gasteiger charge is -2.26. The molecule has 1 aliphatic heterocycles. The van der Waals surface area contributed by atoms with Gasteiger partial charge in [-0.05, 0) is 51.3 Å². The van der Waals surface area contributed by atoms with E-state index >= 15 is 0 Å². The van der Waals surface area contributed by atoms with Crippen molar-refractivity contribution in [3.63, 3.8) is 0 Å². The van der Waals surface area contributed by atoms with Crippen LogP contribution in [0.4, 0.5) is 0 Å². The number of hydrogen-bond donors (Lipinski definition) is 1. The van der Waals surface area contributed by atoms with E-state index in [0.29, 0.717) is 6.04 Å². The molecule has 1 amide bonds. The third-order valence-corrected chi connectivity index (χ3v) is 4.18. The van der Waals surface area contributed by atoms with Crippen LogP contribution in [0.1, 0.15) is 47.2 Å². The monoisotopic (exact) mass is 274 g/mol. The van der Waals surface area contributed by atoms with E-state index in [9.17, 15) is 4.79 Å². The summed E-state index contributed by atoms with van der Waals surface area (Å²) in [6, 6.07) is 6.61. The van der Waals surface area contributed by atoms with Crippen molar-refractivity contribution in [2.75, 3.05) is 20.1 Å². The van der Waals surface area contributed by atoms with Crippen LogP contribution < -0.4 is 5.32 Å². The molecule has 3 nitrogen and oxygen atoms in total. The van der Waals surface area contributed by atoms with E-state index in [1.807, 2.05) is 31.0 Å². The molecule has 1 fully saturated rings. The van der Waals surface area contributed by atoms with Gasteiger partial charge in [-0.3, -0.25) is 4.79 Å². The quantitative estimate of drug-likeness (QED) is 0.915. The average Bonchev–Trinajstić information content (AvgIpc) is 2.45. The van der Waals surface area contributed by atoms with Crippen LogP contribution in [0.2, 0.25) is 0 Å². The Morgan fingerprint density at radius 1 is 1.35 bits per heavy atom. The summed E-state index contributed by atoms with van der Waals surface area (Å²) >= 11 is 0. The second-order valence-corrected chi connectivity index (χ2v) is 5.98. The summed E-state index contributed by atoms with van der Waals surface area (Å²) in [5.74, 6) is 0.137. The highest BCUT2D eigenvalue weighted by Gasteiger charge is 2.17. The third-order valence-electron chi connectivity index (χ3n) is 4.18. The van der Waals surface area contributed by atoms with Crippen LogP contribution in [0.25, 0.3) is 0 Å². The molecule has 3 heteroatoms. The van der Waals surface area contributed by atoms with Crippen LogP contribution in [-0.4, -0.2) is 37.0 Å². The van der Waals surface area contributed by atoms with Crippen LogP contribution in [0.15, 0.2) is 18.2 Å². The standard InChI is InChI=1S/C17H26N2O/c1-13-7-8-16(14(2)12-13)17(20)19(3)11-9-15-6-4-5-10-18-15/h7-8,12,15,18H,4-6,9-11H2,1-3H3. The summed E-state index contributed by atoms with van der Waals surface area (Å²) < 4.78 is 0. The highest BCUT2D eigenvalue weighted by Crippen LogP contribution is 2.14. The lowest BCUT2D eigenvalue weighted by molar-refractivity contribution is 0.0787. The lowest BCUT2D eigenvalue weighted by Crippen LogP contribution is -2.38. The first-order valence-corrected chi connectivity index (χ1v) is 7.64. The molecule has 0 saturated carbocycles. The summed E-state index contributed by atoms with van der Waals surface area (Å²) in [4.78, 5) is 14.3. The van der Waals surface area contributed by atoms with Crippen LogP contribution in [-0.2, 0) is 0 Å². The highest BCUT2D eigenvalue weighted by atomic mass is 16.2. The Balaban J connectivity index is 1.90. The van der Waals surface area contributed by atoms with Crippen LogP contribution in [0.5, 0.6) is 0 Å². The van der Waals surface area contributed by atoms with E-state index in [4.69, 9.17) is 0 Å². The molecule has 1 aliphatic rings. The minimum atomic E-state index is 0.137. The van der Waals surface area contributed by atoms with Crippen molar-refractivity contribution in [3.05, 3.63) is 34.9 Å². The predicted molar refractivity (Wildman–Crippen MR) is 83.1 cm³/mol. The Morgan fingerprint density at radius 3 is 2.80 bits per heavy atom. The first-order valence-electron chi connectivity index (χ1n) is 7.64. The number of nitrogens with one attached hydrogen (secondary N) is 1. The highest BCUT2D eigenvalue weighted by molar-refractivity contribution is 5.95. The molecule has 2 rings (SSSR count). The van der Waals surface area contributed by atoms with E-state index in [-0.39, 0.29) is 5.91 Å². The Bertz CT molecular complexity index is 464. The molecule has 20 heavy (non-hydrogen) atoms. The van der Waals surface area contributed by atoms with Gasteiger partial charge in [0.25, 0.3) is 5.91 Å². The van der Waals surface area contributed by atoms with E-state index in [1.54, 1.807) is 0 Å². The summed E-state index contributed by atoms with van der Waals surface area (Å²) in [5, 5.41) is 3.53. The zero-order chi connectivity index (χ0) is 14.5. The van der Waals surface area contributed by atoms with Gasteiger partial charge in [0.05, 0.1) is 0 Å². The summed E-state index contributed by atoms with van der Waals surface area (Å²) in [5.41, 5.74) is 3.10. The van der Waals surface area contributed by atoms with E-state index in [0.717, 1.165) is 30.6 Å². The fourth-order valence-electron chi connectivity index (χ4n) is 2.88. The molecule has 0 spiro atoms. The molecule has 0 bridgehead atoms. The molecule has 0 radical (unpaired) electrons. The number of piperidine rings is 1. The first kappa shape index (κ1) is 15.0. The number of nitrogens with zero attached hydrogens (tertiary/aromatic N) is 1. The van der Waals surface area contributed by atoms with E-state index in [2.05, 4.69) is 18.3 Å². The number of amides is 1. The maximum atomic E-state index is 12.5. The molecular formula is C17H26N2O. The SMILES string of the molecule is Cc1ccc(C(=O)N(C)CCC2CCCCN2)c(C)c1. The molecule has 1 aromatic carbocycles. The van der Waals surface area contributed by atoms with E-state index in [1.165, 1.54) is 24.8 Å². The van der Waals surface area contributed by atoms with Gasteiger partial charge >= 0.3 is 0 Å². The largest absolute Gasteiger partial charge is 0.342 e. The maximum absolute atomic E-state index is 12.5. The normalized spacial score (nSPS) is 18.9. The van der Waals surface area contributed by atoms with Gasteiger partial charge < -0.3 is 10.2 Å². The van der Waals surface area contributed by atoms with Gasteiger partial charge in [0, 0.05) is 25.2 Å². The molecule has 110 valence electrons. The summed E-state index contributed by atoms with van der Waals surface area (Å²) in [6.45, 7) is 6.01. The second-order valence-electron chi connectivity index (χ2n) is 5.98. The zero-order valence-electron chi connectivity index (χ0n) is 12.9. The van der Waals surface area contributed by atoms with E-state index < -0.39 is 0 Å². The minimum absolute atomic E-state index is 0.137. The van der Waals surface area contributed by atoms with Crippen molar-refractivity contribution in [2.24, 2.45) is 0 Å². The van der Waals surface area contributed by atoms with Gasteiger partial charge in [0.15, 0.2) is 0 Å². The number of carbonyl (C=O) groups is 1. The zero-order valence-corrected chi connectivity index (χ0v) is 12.9. The fraction of sp³-hybridized carbons (Fsp3) is 0.588. The van der Waals surface area contributed by atoms with Crippen molar-refractivity contribution >= 4 is 5.91 Å². The molecule has 1 atom stereocenters. The lowest BCUT2D eigenvalue weighted by atomic mass is 10.0. The number of hydrogen-bond acceptors (Lipinski definition) is 2. The third kappa shape index (κ3) is 3.83. The minimum Gasteiger partial charge on any atom is -0.342 e. The molecule has 1 N–H and O–H groups in total. The van der Waals surface area contributed by atoms with Gasteiger partial charge in [-0.25, -0.2) is 0 Å². The molecule has 1 aromatic rings. The first-order chi connectivity index (χ1) is 9.58. The molecule has 1 saturated heterocycles. The van der Waals surface area contributed by atoms with Gasteiger partial charge in [-0.2, -0.15) is 0 Å². The van der Waals surface area contributed by atoms with Crippen LogP contribution in [0, 0.1) is 13.8 Å². The van der Waals surface area contributed by atoms with Gasteiger partial charge in [-0.1, -0.05) is 24.1 Å². The molecule has 0 aliphatic carbocycles.